The standard InChI is InChI=1S/C13H12Cl2N2O3S/c1-2-20-11-6-5-9(8-10(11)14)17-21(18,19)12-4-3-7-16-13(12)15/h3-8,17H,2H2,1H3. The molecule has 0 atom stereocenters. The van der Waals surface area contributed by atoms with Gasteiger partial charge >= 0.3 is 0 Å². The molecule has 0 unspecified atom stereocenters. The third kappa shape index (κ3) is 3.78. The van der Waals surface area contributed by atoms with Gasteiger partial charge in [0.15, 0.2) is 0 Å². The van der Waals surface area contributed by atoms with Gasteiger partial charge in [-0.05, 0) is 37.3 Å². The van der Waals surface area contributed by atoms with Gasteiger partial charge in [0, 0.05) is 6.20 Å². The molecule has 1 heterocycles. The van der Waals surface area contributed by atoms with Crippen LogP contribution in [-0.2, 0) is 10.0 Å². The SMILES string of the molecule is CCOc1ccc(NS(=O)(=O)c2cccnc2Cl)cc1Cl. The van der Waals surface area contributed by atoms with Gasteiger partial charge in [-0.15, -0.1) is 0 Å². The Bertz CT molecular complexity index is 751. The smallest absolute Gasteiger partial charge is 0.264 e. The lowest BCUT2D eigenvalue weighted by atomic mass is 10.3. The molecular formula is C13H12Cl2N2O3S. The molecule has 21 heavy (non-hydrogen) atoms. The minimum Gasteiger partial charge on any atom is -0.492 e. The number of halogens is 2. The van der Waals surface area contributed by atoms with E-state index >= 15 is 0 Å². The number of hydrogen-bond donors (Lipinski definition) is 1. The number of rotatable bonds is 5. The van der Waals surface area contributed by atoms with Crippen LogP contribution in [0.3, 0.4) is 0 Å². The van der Waals surface area contributed by atoms with Crippen molar-refractivity contribution in [3.05, 3.63) is 46.7 Å². The van der Waals surface area contributed by atoms with Crippen LogP contribution < -0.4 is 9.46 Å². The lowest BCUT2D eigenvalue weighted by Crippen LogP contribution is -2.13. The van der Waals surface area contributed by atoms with Crippen molar-refractivity contribution in [2.24, 2.45) is 0 Å². The molecule has 0 spiro atoms. The fourth-order valence-corrected chi connectivity index (χ4v) is 3.36. The molecule has 1 N–H and O–H groups in total. The largest absolute Gasteiger partial charge is 0.492 e. The summed E-state index contributed by atoms with van der Waals surface area (Å²) < 4.78 is 32.1. The van der Waals surface area contributed by atoms with Gasteiger partial charge in [0.2, 0.25) is 0 Å². The highest BCUT2D eigenvalue weighted by Crippen LogP contribution is 2.29. The van der Waals surface area contributed by atoms with E-state index in [-0.39, 0.29) is 10.0 Å². The van der Waals surface area contributed by atoms with E-state index in [1.165, 1.54) is 24.4 Å². The van der Waals surface area contributed by atoms with Gasteiger partial charge in [0.25, 0.3) is 10.0 Å². The summed E-state index contributed by atoms with van der Waals surface area (Å²) in [6.07, 6.45) is 1.41. The maximum absolute atomic E-state index is 12.2. The number of benzene rings is 1. The monoisotopic (exact) mass is 346 g/mol. The van der Waals surface area contributed by atoms with Crippen molar-refractivity contribution in [1.82, 2.24) is 4.98 Å². The van der Waals surface area contributed by atoms with E-state index in [1.54, 1.807) is 12.1 Å². The Morgan fingerprint density at radius 3 is 2.67 bits per heavy atom. The number of sulfonamides is 1. The van der Waals surface area contributed by atoms with Crippen LogP contribution in [0.1, 0.15) is 6.92 Å². The second-order valence-electron chi connectivity index (χ2n) is 3.98. The van der Waals surface area contributed by atoms with Gasteiger partial charge in [-0.3, -0.25) is 4.72 Å². The maximum atomic E-state index is 12.2. The van der Waals surface area contributed by atoms with Crippen LogP contribution in [-0.4, -0.2) is 20.0 Å². The van der Waals surface area contributed by atoms with E-state index < -0.39 is 10.0 Å². The average Bonchev–Trinajstić information content (AvgIpc) is 2.42. The molecule has 5 nitrogen and oxygen atoms in total. The quantitative estimate of drug-likeness (QED) is 0.840. The van der Waals surface area contributed by atoms with Crippen LogP contribution in [0.15, 0.2) is 41.4 Å². The summed E-state index contributed by atoms with van der Waals surface area (Å²) in [5, 5.41) is 0.219. The topological polar surface area (TPSA) is 68.3 Å². The van der Waals surface area contributed by atoms with Crippen molar-refractivity contribution >= 4 is 38.9 Å². The number of hydrogen-bond acceptors (Lipinski definition) is 4. The molecule has 112 valence electrons. The van der Waals surface area contributed by atoms with Gasteiger partial charge in [-0.25, -0.2) is 13.4 Å². The molecule has 0 aliphatic carbocycles. The Morgan fingerprint density at radius 2 is 2.05 bits per heavy atom. The first kappa shape index (κ1) is 15.9. The Labute approximate surface area is 132 Å². The molecule has 8 heteroatoms. The predicted octanol–water partition coefficient (Wildman–Crippen LogP) is 3.59. The van der Waals surface area contributed by atoms with Crippen LogP contribution in [0.5, 0.6) is 5.75 Å². The molecule has 0 amide bonds. The molecule has 0 fully saturated rings. The lowest BCUT2D eigenvalue weighted by Gasteiger charge is -2.11. The zero-order chi connectivity index (χ0) is 15.5. The van der Waals surface area contributed by atoms with Crippen molar-refractivity contribution < 1.29 is 13.2 Å². The summed E-state index contributed by atoms with van der Waals surface area (Å²) in [6, 6.07) is 7.47. The number of nitrogens with one attached hydrogen (secondary N) is 1. The van der Waals surface area contributed by atoms with Gasteiger partial charge in [-0.1, -0.05) is 23.2 Å². The molecule has 0 saturated heterocycles. The Morgan fingerprint density at radius 1 is 1.29 bits per heavy atom. The first-order valence-corrected chi connectivity index (χ1v) is 8.23. The number of aromatic nitrogens is 1. The summed E-state index contributed by atoms with van der Waals surface area (Å²) in [6.45, 7) is 2.30. The fraction of sp³-hybridized carbons (Fsp3) is 0.154. The lowest BCUT2D eigenvalue weighted by molar-refractivity contribution is 0.340. The molecule has 2 rings (SSSR count). The average molecular weight is 347 g/mol. The first-order valence-electron chi connectivity index (χ1n) is 5.99. The van der Waals surface area contributed by atoms with Crippen LogP contribution >= 0.6 is 23.2 Å². The van der Waals surface area contributed by atoms with Crippen molar-refractivity contribution in [2.75, 3.05) is 11.3 Å². The molecule has 0 saturated carbocycles. The molecule has 0 aliphatic heterocycles. The van der Waals surface area contributed by atoms with E-state index in [0.717, 1.165) is 0 Å². The van der Waals surface area contributed by atoms with Crippen LogP contribution in [0.2, 0.25) is 10.2 Å². The number of nitrogens with zero attached hydrogens (tertiary/aromatic N) is 1. The number of anilines is 1. The van der Waals surface area contributed by atoms with Crippen LogP contribution in [0.4, 0.5) is 5.69 Å². The molecule has 0 radical (unpaired) electrons. The summed E-state index contributed by atoms with van der Waals surface area (Å²) in [4.78, 5) is 3.64. The summed E-state index contributed by atoms with van der Waals surface area (Å²) in [5.74, 6) is 0.488. The molecule has 0 bridgehead atoms. The van der Waals surface area contributed by atoms with Crippen LogP contribution in [0.25, 0.3) is 0 Å². The van der Waals surface area contributed by atoms with E-state index in [1.807, 2.05) is 6.92 Å². The molecule has 1 aromatic heterocycles. The Kier molecular flexibility index (Phi) is 4.92. The van der Waals surface area contributed by atoms with Gasteiger partial charge in [-0.2, -0.15) is 0 Å². The predicted molar refractivity (Wildman–Crippen MR) is 82.7 cm³/mol. The highest BCUT2D eigenvalue weighted by molar-refractivity contribution is 7.92. The third-order valence-electron chi connectivity index (χ3n) is 2.50. The highest BCUT2D eigenvalue weighted by Gasteiger charge is 2.19. The molecule has 0 aliphatic rings. The third-order valence-corrected chi connectivity index (χ3v) is 4.62. The van der Waals surface area contributed by atoms with E-state index in [9.17, 15) is 8.42 Å². The fourth-order valence-electron chi connectivity index (χ4n) is 1.62. The van der Waals surface area contributed by atoms with Crippen molar-refractivity contribution in [3.8, 4) is 5.75 Å². The number of pyridine rings is 1. The van der Waals surface area contributed by atoms with Gasteiger partial charge in [0.1, 0.15) is 15.8 Å². The minimum absolute atomic E-state index is 0.0953. The summed E-state index contributed by atoms with van der Waals surface area (Å²) in [7, 11) is -3.83. The maximum Gasteiger partial charge on any atom is 0.264 e. The minimum atomic E-state index is -3.83. The zero-order valence-electron chi connectivity index (χ0n) is 11.0. The second-order valence-corrected chi connectivity index (χ2v) is 6.39. The van der Waals surface area contributed by atoms with E-state index in [2.05, 4.69) is 9.71 Å². The van der Waals surface area contributed by atoms with E-state index in [4.69, 9.17) is 27.9 Å². The van der Waals surface area contributed by atoms with Crippen molar-refractivity contribution in [1.29, 1.82) is 0 Å². The highest BCUT2D eigenvalue weighted by atomic mass is 35.5. The van der Waals surface area contributed by atoms with Gasteiger partial charge in [0.05, 0.1) is 17.3 Å². The zero-order valence-corrected chi connectivity index (χ0v) is 13.3. The Hall–Kier alpha value is -1.50. The van der Waals surface area contributed by atoms with Crippen molar-refractivity contribution in [2.45, 2.75) is 11.8 Å². The summed E-state index contributed by atoms with van der Waals surface area (Å²) >= 11 is 11.8. The van der Waals surface area contributed by atoms with Crippen molar-refractivity contribution in [3.63, 3.8) is 0 Å². The van der Waals surface area contributed by atoms with E-state index in [0.29, 0.717) is 23.1 Å². The Balaban J connectivity index is 2.29. The molecule has 1 aromatic carbocycles. The molecular weight excluding hydrogens is 335 g/mol. The van der Waals surface area contributed by atoms with Crippen LogP contribution in [0, 0.1) is 0 Å². The summed E-state index contributed by atoms with van der Waals surface area (Å²) in [5.41, 5.74) is 0.309. The number of ether oxygens (including phenoxy) is 1. The van der Waals surface area contributed by atoms with Gasteiger partial charge < -0.3 is 4.74 Å². The molecule has 2 aromatic rings. The second kappa shape index (κ2) is 6.51. The first-order chi connectivity index (χ1) is 9.94. The normalized spacial score (nSPS) is 11.2.